The van der Waals surface area contributed by atoms with E-state index >= 15 is 0 Å². The van der Waals surface area contributed by atoms with Gasteiger partial charge in [-0.25, -0.2) is 0 Å². The smallest absolute Gasteiger partial charge is 0.0576 e. The molecule has 0 bridgehead atoms. The molecule has 2 aliphatic rings. The van der Waals surface area contributed by atoms with Crippen LogP contribution in [-0.4, -0.2) is 54.8 Å². The highest BCUT2D eigenvalue weighted by Crippen LogP contribution is 2.22. The summed E-state index contributed by atoms with van der Waals surface area (Å²) in [7, 11) is 2.21. The standard InChI is InChI=1S/C12H25N3OS/c1-15-6-8-17-9-12(15)11(14-13)5-4-10-3-2-7-16-10/h10-12,14H,2-9,13H2,1H3. The zero-order chi connectivity index (χ0) is 12.1. The molecule has 0 aromatic rings. The van der Waals surface area contributed by atoms with E-state index in [1.54, 1.807) is 0 Å². The van der Waals surface area contributed by atoms with E-state index < -0.39 is 0 Å². The highest BCUT2D eigenvalue weighted by molar-refractivity contribution is 7.99. The lowest BCUT2D eigenvalue weighted by Gasteiger charge is -2.37. The molecular weight excluding hydrogens is 234 g/mol. The number of nitrogens with one attached hydrogen (secondary N) is 1. The Morgan fingerprint density at radius 1 is 1.59 bits per heavy atom. The van der Waals surface area contributed by atoms with E-state index in [2.05, 4.69) is 17.4 Å². The van der Waals surface area contributed by atoms with Gasteiger partial charge in [-0.05, 0) is 32.7 Å². The van der Waals surface area contributed by atoms with Crippen LogP contribution in [0.2, 0.25) is 0 Å². The van der Waals surface area contributed by atoms with Crippen LogP contribution in [-0.2, 0) is 4.74 Å². The molecule has 0 aromatic carbocycles. The molecule has 17 heavy (non-hydrogen) atoms. The topological polar surface area (TPSA) is 50.5 Å². The molecule has 0 aromatic heterocycles. The van der Waals surface area contributed by atoms with Crippen molar-refractivity contribution in [3.8, 4) is 0 Å². The molecule has 2 fully saturated rings. The van der Waals surface area contributed by atoms with E-state index in [0.29, 0.717) is 18.2 Å². The van der Waals surface area contributed by atoms with Crippen molar-refractivity contribution in [1.82, 2.24) is 10.3 Å². The zero-order valence-corrected chi connectivity index (χ0v) is 11.5. The Balaban J connectivity index is 1.77. The van der Waals surface area contributed by atoms with Crippen LogP contribution in [0.3, 0.4) is 0 Å². The molecular formula is C12H25N3OS. The summed E-state index contributed by atoms with van der Waals surface area (Å²) in [5.74, 6) is 8.16. The summed E-state index contributed by atoms with van der Waals surface area (Å²) in [6.45, 7) is 2.12. The molecule has 5 heteroatoms. The third kappa shape index (κ3) is 3.83. The number of nitrogens with two attached hydrogens (primary N) is 1. The van der Waals surface area contributed by atoms with E-state index in [1.165, 1.54) is 30.9 Å². The second-order valence-electron chi connectivity index (χ2n) is 5.11. The highest BCUT2D eigenvalue weighted by atomic mass is 32.2. The summed E-state index contributed by atoms with van der Waals surface area (Å²) >= 11 is 2.04. The van der Waals surface area contributed by atoms with Crippen molar-refractivity contribution in [2.75, 3.05) is 31.7 Å². The van der Waals surface area contributed by atoms with Gasteiger partial charge < -0.3 is 9.64 Å². The van der Waals surface area contributed by atoms with Gasteiger partial charge >= 0.3 is 0 Å². The van der Waals surface area contributed by atoms with Gasteiger partial charge in [-0.3, -0.25) is 11.3 Å². The quantitative estimate of drug-likeness (QED) is 0.566. The van der Waals surface area contributed by atoms with Crippen LogP contribution >= 0.6 is 11.8 Å². The molecule has 2 saturated heterocycles. The molecule has 2 aliphatic heterocycles. The molecule has 0 amide bonds. The van der Waals surface area contributed by atoms with Gasteiger partial charge in [0.1, 0.15) is 0 Å². The first-order valence-electron chi connectivity index (χ1n) is 6.67. The van der Waals surface area contributed by atoms with Crippen LogP contribution in [0, 0.1) is 0 Å². The van der Waals surface area contributed by atoms with Gasteiger partial charge in [-0.1, -0.05) is 0 Å². The van der Waals surface area contributed by atoms with Gasteiger partial charge in [0.05, 0.1) is 6.10 Å². The van der Waals surface area contributed by atoms with Crippen molar-refractivity contribution < 1.29 is 4.74 Å². The minimum Gasteiger partial charge on any atom is -0.378 e. The number of rotatable bonds is 5. The first-order valence-corrected chi connectivity index (χ1v) is 7.82. The Morgan fingerprint density at radius 2 is 2.47 bits per heavy atom. The monoisotopic (exact) mass is 259 g/mol. The van der Waals surface area contributed by atoms with Crippen molar-refractivity contribution in [3.05, 3.63) is 0 Å². The van der Waals surface area contributed by atoms with Crippen molar-refractivity contribution >= 4 is 11.8 Å². The third-order valence-electron chi connectivity index (χ3n) is 3.95. The third-order valence-corrected chi connectivity index (χ3v) is 4.99. The van der Waals surface area contributed by atoms with Gasteiger partial charge in [0.2, 0.25) is 0 Å². The predicted molar refractivity (Wildman–Crippen MR) is 73.1 cm³/mol. The fourth-order valence-electron chi connectivity index (χ4n) is 2.75. The fraction of sp³-hybridized carbons (Fsp3) is 1.00. The molecule has 0 spiro atoms. The fourth-order valence-corrected chi connectivity index (χ4v) is 4.07. The van der Waals surface area contributed by atoms with Crippen molar-refractivity contribution in [3.63, 3.8) is 0 Å². The molecule has 4 nitrogen and oxygen atoms in total. The maximum Gasteiger partial charge on any atom is 0.0576 e. The lowest BCUT2D eigenvalue weighted by molar-refractivity contribution is 0.0946. The number of ether oxygens (including phenoxy) is 1. The summed E-state index contributed by atoms with van der Waals surface area (Å²) in [6.07, 6.45) is 5.20. The normalized spacial score (nSPS) is 32.8. The maximum absolute atomic E-state index is 5.72. The second kappa shape index (κ2) is 6.95. The maximum atomic E-state index is 5.72. The average molecular weight is 259 g/mol. The number of hydrogen-bond donors (Lipinski definition) is 2. The second-order valence-corrected chi connectivity index (χ2v) is 6.26. The number of hydrazine groups is 1. The Morgan fingerprint density at radius 3 is 3.12 bits per heavy atom. The molecule has 2 heterocycles. The van der Waals surface area contributed by atoms with Gasteiger partial charge in [0, 0.05) is 36.7 Å². The molecule has 0 saturated carbocycles. The highest BCUT2D eigenvalue weighted by Gasteiger charge is 2.28. The molecule has 3 N–H and O–H groups in total. The largest absolute Gasteiger partial charge is 0.378 e. The molecule has 100 valence electrons. The first kappa shape index (κ1) is 13.6. The van der Waals surface area contributed by atoms with Crippen LogP contribution in [0.25, 0.3) is 0 Å². The first-order chi connectivity index (χ1) is 8.31. The van der Waals surface area contributed by atoms with E-state index in [1.807, 2.05) is 11.8 Å². The Labute approximate surface area is 109 Å². The van der Waals surface area contributed by atoms with Crippen LogP contribution in [0.15, 0.2) is 0 Å². The number of hydrogen-bond acceptors (Lipinski definition) is 5. The van der Waals surface area contributed by atoms with Crippen LogP contribution in [0.5, 0.6) is 0 Å². The summed E-state index contributed by atoms with van der Waals surface area (Å²) < 4.78 is 5.67. The van der Waals surface area contributed by atoms with Crippen molar-refractivity contribution in [2.24, 2.45) is 5.84 Å². The lowest BCUT2D eigenvalue weighted by Crippen LogP contribution is -2.54. The lowest BCUT2D eigenvalue weighted by atomic mass is 10.0. The Bertz CT molecular complexity index is 224. The summed E-state index contributed by atoms with van der Waals surface area (Å²) in [6, 6.07) is 0.970. The van der Waals surface area contributed by atoms with E-state index in [9.17, 15) is 0 Å². The van der Waals surface area contributed by atoms with Gasteiger partial charge in [-0.2, -0.15) is 11.8 Å². The van der Waals surface area contributed by atoms with Gasteiger partial charge in [0.25, 0.3) is 0 Å². The predicted octanol–water partition coefficient (Wildman–Crippen LogP) is 0.825. The van der Waals surface area contributed by atoms with Crippen molar-refractivity contribution in [2.45, 2.75) is 43.9 Å². The SMILES string of the molecule is CN1CCSCC1C(CCC1CCCO1)NN. The van der Waals surface area contributed by atoms with Crippen LogP contribution in [0.1, 0.15) is 25.7 Å². The molecule has 2 rings (SSSR count). The minimum atomic E-state index is 0.400. The number of thioether (sulfide) groups is 1. The Hall–Kier alpha value is 0.190. The van der Waals surface area contributed by atoms with E-state index in [0.717, 1.165) is 19.4 Å². The van der Waals surface area contributed by atoms with Crippen LogP contribution < -0.4 is 11.3 Å². The van der Waals surface area contributed by atoms with E-state index in [-0.39, 0.29) is 0 Å². The summed E-state index contributed by atoms with van der Waals surface area (Å²) in [5, 5.41) is 0. The average Bonchev–Trinajstić information content (AvgIpc) is 2.85. The van der Waals surface area contributed by atoms with Gasteiger partial charge in [0.15, 0.2) is 0 Å². The summed E-state index contributed by atoms with van der Waals surface area (Å²) in [5.41, 5.74) is 3.02. The van der Waals surface area contributed by atoms with Crippen LogP contribution in [0.4, 0.5) is 0 Å². The van der Waals surface area contributed by atoms with Gasteiger partial charge in [-0.15, -0.1) is 0 Å². The molecule has 3 unspecified atom stereocenters. The Kier molecular flexibility index (Phi) is 5.56. The number of likely N-dealkylation sites (N-methyl/N-ethyl adjacent to an activating group) is 1. The minimum absolute atomic E-state index is 0.400. The number of nitrogens with zero attached hydrogens (tertiary/aromatic N) is 1. The molecule has 3 atom stereocenters. The van der Waals surface area contributed by atoms with E-state index in [4.69, 9.17) is 10.6 Å². The summed E-state index contributed by atoms with van der Waals surface area (Å²) in [4.78, 5) is 2.44. The zero-order valence-electron chi connectivity index (χ0n) is 10.7. The molecule has 0 aliphatic carbocycles. The van der Waals surface area contributed by atoms with Crippen molar-refractivity contribution in [1.29, 1.82) is 0 Å². The molecule has 0 radical (unpaired) electrons.